The van der Waals surface area contributed by atoms with Gasteiger partial charge in [0.1, 0.15) is 0 Å². The first-order chi connectivity index (χ1) is 28.7. The zero-order valence-corrected chi connectivity index (χ0v) is 34.3. The van der Waals surface area contributed by atoms with E-state index >= 15 is 0 Å². The molecule has 288 valence electrons. The van der Waals surface area contributed by atoms with E-state index in [9.17, 15) is 0 Å². The average Bonchev–Trinajstić information content (AvgIpc) is 3.61. The minimum Gasteiger partial charge on any atom is -0.311 e. The van der Waals surface area contributed by atoms with E-state index in [4.69, 9.17) is 0 Å². The largest absolute Gasteiger partial charge is 0.311 e. The monoisotopic (exact) mass is 763 g/mol. The summed E-state index contributed by atoms with van der Waals surface area (Å²) in [5.41, 5.74) is 15.9. The molecule has 0 atom stereocenters. The maximum atomic E-state index is 2.47. The molecule has 0 fully saturated rings. The van der Waals surface area contributed by atoms with Crippen molar-refractivity contribution >= 4 is 55.9 Å². The van der Waals surface area contributed by atoms with Crippen molar-refractivity contribution in [2.75, 3.05) is 9.80 Å². The van der Waals surface area contributed by atoms with Crippen LogP contribution in [-0.2, 0) is 10.8 Å². The third-order valence-electron chi connectivity index (χ3n) is 12.7. The Bertz CT molecular complexity index is 2810. The van der Waals surface area contributed by atoms with Gasteiger partial charge in [-0.25, -0.2) is 0 Å². The van der Waals surface area contributed by atoms with Gasteiger partial charge in [0.15, 0.2) is 0 Å². The normalized spacial score (nSPS) is 14.2. The van der Waals surface area contributed by atoms with Gasteiger partial charge in [0, 0.05) is 50.6 Å². The topological polar surface area (TPSA) is 11.4 Å². The zero-order valence-electron chi connectivity index (χ0n) is 34.3. The number of para-hydroxylation sites is 4. The van der Waals surface area contributed by atoms with Gasteiger partial charge in [-0.05, 0) is 143 Å². The molecule has 0 radical (unpaired) electrons. The van der Waals surface area contributed by atoms with Gasteiger partial charge in [-0.15, -0.1) is 0 Å². The van der Waals surface area contributed by atoms with Crippen LogP contribution in [0, 0.1) is 0 Å². The second-order valence-electron chi connectivity index (χ2n) is 17.3. The van der Waals surface area contributed by atoms with Crippen LogP contribution in [-0.4, -0.2) is 4.57 Å². The summed E-state index contributed by atoms with van der Waals surface area (Å²) in [6, 6.07) is 72.9. The van der Waals surface area contributed by atoms with Crippen molar-refractivity contribution in [3.63, 3.8) is 0 Å². The molecule has 0 aliphatic heterocycles. The van der Waals surface area contributed by atoms with Gasteiger partial charge in [-0.1, -0.05) is 131 Å². The van der Waals surface area contributed by atoms with Gasteiger partial charge < -0.3 is 14.4 Å². The molecule has 3 heteroatoms. The second kappa shape index (κ2) is 14.5. The van der Waals surface area contributed by atoms with Gasteiger partial charge in [-0.2, -0.15) is 0 Å². The van der Waals surface area contributed by atoms with Crippen LogP contribution in [0.25, 0.3) is 38.6 Å². The molecule has 9 aromatic rings. The van der Waals surface area contributed by atoms with Gasteiger partial charge in [0.05, 0.1) is 11.0 Å². The molecule has 1 aliphatic carbocycles. The van der Waals surface area contributed by atoms with Crippen LogP contribution in [0.5, 0.6) is 0 Å². The van der Waals surface area contributed by atoms with Crippen molar-refractivity contribution in [3.8, 4) is 16.8 Å². The van der Waals surface area contributed by atoms with Crippen LogP contribution < -0.4 is 9.80 Å². The molecule has 0 saturated heterocycles. The fraction of sp³-hybridized carbons (Fsp3) is 0.143. The Morgan fingerprint density at radius 3 is 1.22 bits per heavy atom. The molecule has 59 heavy (non-hydrogen) atoms. The molecular weight excluding hydrogens is 715 g/mol. The third kappa shape index (κ3) is 6.57. The number of nitrogens with zero attached hydrogens (tertiary/aromatic N) is 3. The minimum absolute atomic E-state index is 0.0968. The highest BCUT2D eigenvalue weighted by Crippen LogP contribution is 2.48. The molecule has 0 bridgehead atoms. The summed E-state index contributed by atoms with van der Waals surface area (Å²) in [4.78, 5) is 4.73. The van der Waals surface area contributed by atoms with Crippen LogP contribution in [0.4, 0.5) is 34.1 Å². The van der Waals surface area contributed by atoms with Crippen molar-refractivity contribution in [3.05, 3.63) is 211 Å². The zero-order chi connectivity index (χ0) is 40.1. The lowest BCUT2D eigenvalue weighted by atomic mass is 9.63. The Kier molecular flexibility index (Phi) is 8.98. The van der Waals surface area contributed by atoms with Crippen molar-refractivity contribution < 1.29 is 0 Å². The summed E-state index contributed by atoms with van der Waals surface area (Å²) in [5.74, 6) is 0. The summed E-state index contributed by atoms with van der Waals surface area (Å²) >= 11 is 0. The van der Waals surface area contributed by atoms with Crippen molar-refractivity contribution in [1.82, 2.24) is 4.57 Å². The van der Waals surface area contributed by atoms with Crippen LogP contribution in [0.15, 0.2) is 200 Å². The van der Waals surface area contributed by atoms with E-state index < -0.39 is 0 Å². The van der Waals surface area contributed by atoms with Crippen LogP contribution in [0.1, 0.15) is 51.7 Å². The standard InChI is InChI=1S/C56H49N3/c1-55(2)37-38-56(3,4)52-39-48(35-36-51(52)55)58(46-31-33-47(34-32-46)59-53-21-13-11-19-49(53)50-20-12-14-22-54(50)59)45-29-25-41(26-30-45)40-23-27-44(28-24-40)57(42-15-7-5-8-16-42)43-17-9-6-10-18-43/h5-36,39H,37-38H2,1-4H3. The maximum absolute atomic E-state index is 2.47. The quantitative estimate of drug-likeness (QED) is 0.153. The Hall–Kier alpha value is -6.84. The van der Waals surface area contributed by atoms with E-state index in [-0.39, 0.29) is 10.8 Å². The Balaban J connectivity index is 1.03. The smallest absolute Gasteiger partial charge is 0.0541 e. The lowest BCUT2D eigenvalue weighted by Crippen LogP contribution is -2.34. The first-order valence-electron chi connectivity index (χ1n) is 20.9. The molecule has 10 rings (SSSR count). The highest BCUT2D eigenvalue weighted by atomic mass is 15.1. The number of benzene rings is 8. The summed E-state index contributed by atoms with van der Waals surface area (Å²) in [5, 5.41) is 2.54. The van der Waals surface area contributed by atoms with Gasteiger partial charge in [0.25, 0.3) is 0 Å². The first kappa shape index (κ1) is 36.5. The highest BCUT2D eigenvalue weighted by Gasteiger charge is 2.37. The highest BCUT2D eigenvalue weighted by molar-refractivity contribution is 6.09. The minimum atomic E-state index is 0.0968. The fourth-order valence-corrected chi connectivity index (χ4v) is 9.32. The van der Waals surface area contributed by atoms with Crippen molar-refractivity contribution in [2.24, 2.45) is 0 Å². The molecule has 1 aliphatic rings. The number of fused-ring (bicyclic) bond motifs is 4. The molecular formula is C56H49N3. The van der Waals surface area contributed by atoms with E-state index in [2.05, 4.69) is 242 Å². The molecule has 0 amide bonds. The molecule has 8 aromatic carbocycles. The van der Waals surface area contributed by atoms with Gasteiger partial charge >= 0.3 is 0 Å². The lowest BCUT2D eigenvalue weighted by molar-refractivity contribution is 0.332. The molecule has 0 saturated carbocycles. The van der Waals surface area contributed by atoms with E-state index in [1.165, 1.54) is 62.6 Å². The number of aromatic nitrogens is 1. The molecule has 0 unspecified atom stereocenters. The Morgan fingerprint density at radius 1 is 0.356 bits per heavy atom. The number of hydrogen-bond acceptors (Lipinski definition) is 2. The summed E-state index contributed by atoms with van der Waals surface area (Å²) in [7, 11) is 0. The predicted molar refractivity (Wildman–Crippen MR) is 251 cm³/mol. The molecule has 1 aromatic heterocycles. The molecule has 1 heterocycles. The first-order valence-corrected chi connectivity index (χ1v) is 20.9. The number of anilines is 6. The summed E-state index contributed by atoms with van der Waals surface area (Å²) < 4.78 is 2.39. The van der Waals surface area contributed by atoms with Crippen molar-refractivity contribution in [2.45, 2.75) is 51.4 Å². The molecule has 0 N–H and O–H groups in total. The van der Waals surface area contributed by atoms with E-state index in [1.54, 1.807) is 0 Å². The predicted octanol–water partition coefficient (Wildman–Crippen LogP) is 15.7. The summed E-state index contributed by atoms with van der Waals surface area (Å²) in [6.07, 6.45) is 2.37. The average molecular weight is 764 g/mol. The Morgan fingerprint density at radius 2 is 0.729 bits per heavy atom. The van der Waals surface area contributed by atoms with E-state index in [0.717, 1.165) is 34.1 Å². The maximum Gasteiger partial charge on any atom is 0.0541 e. The fourth-order valence-electron chi connectivity index (χ4n) is 9.32. The SMILES string of the molecule is CC1(C)CCC(C)(C)c2cc(N(c3ccc(-c4ccc(N(c5ccccc5)c5ccccc5)cc4)cc3)c3ccc(-n4c5ccccc5c5ccccc54)cc3)ccc21. The molecule has 3 nitrogen and oxygen atoms in total. The van der Waals surface area contributed by atoms with E-state index in [1.807, 2.05) is 0 Å². The summed E-state index contributed by atoms with van der Waals surface area (Å²) in [6.45, 7) is 9.62. The number of hydrogen-bond donors (Lipinski definition) is 0. The Labute approximate surface area is 348 Å². The lowest BCUT2D eigenvalue weighted by Gasteiger charge is -2.42. The van der Waals surface area contributed by atoms with E-state index in [0.29, 0.717) is 0 Å². The van der Waals surface area contributed by atoms with Crippen LogP contribution >= 0.6 is 0 Å². The molecule has 0 spiro atoms. The second-order valence-corrected chi connectivity index (χ2v) is 17.3. The third-order valence-corrected chi connectivity index (χ3v) is 12.7. The van der Waals surface area contributed by atoms with Gasteiger partial charge in [-0.3, -0.25) is 0 Å². The van der Waals surface area contributed by atoms with Gasteiger partial charge in [0.2, 0.25) is 0 Å². The number of rotatable bonds is 8. The van der Waals surface area contributed by atoms with Crippen LogP contribution in [0.2, 0.25) is 0 Å². The van der Waals surface area contributed by atoms with Crippen molar-refractivity contribution in [1.29, 1.82) is 0 Å². The van der Waals surface area contributed by atoms with Crippen LogP contribution in [0.3, 0.4) is 0 Å².